The Bertz CT molecular complexity index is 870. The summed E-state index contributed by atoms with van der Waals surface area (Å²) in [5, 5.41) is 0. The van der Waals surface area contributed by atoms with Crippen molar-refractivity contribution in [3.63, 3.8) is 0 Å². The standard InChI is InChI=1S/C22H25N3O3/c1-17(26)25-15-19-6-2-3-8-20(19)28-22(16-25)9-5-12-24(13-10-22)21(27)18-7-4-11-23-14-18/h2-4,6-8,11,14H,5,9-10,12-13,15-16H2,1H3/t22-/m1/s1. The molecule has 2 aliphatic heterocycles. The zero-order valence-electron chi connectivity index (χ0n) is 16.1. The van der Waals surface area contributed by atoms with Crippen molar-refractivity contribution >= 4 is 11.8 Å². The van der Waals surface area contributed by atoms with Crippen LogP contribution in [0.15, 0.2) is 48.8 Å². The first-order valence-electron chi connectivity index (χ1n) is 9.78. The van der Waals surface area contributed by atoms with Gasteiger partial charge in [-0.3, -0.25) is 14.6 Å². The molecule has 0 bridgehead atoms. The van der Waals surface area contributed by atoms with Crippen LogP contribution >= 0.6 is 0 Å². The average molecular weight is 379 g/mol. The Balaban J connectivity index is 1.57. The fraction of sp³-hybridized carbons (Fsp3) is 0.409. The van der Waals surface area contributed by atoms with Crippen LogP contribution in [0.25, 0.3) is 0 Å². The van der Waals surface area contributed by atoms with Crippen LogP contribution in [-0.4, -0.2) is 51.8 Å². The molecule has 6 nitrogen and oxygen atoms in total. The van der Waals surface area contributed by atoms with Gasteiger partial charge in [0, 0.05) is 50.9 Å². The highest BCUT2D eigenvalue weighted by Crippen LogP contribution is 2.35. The lowest BCUT2D eigenvalue weighted by molar-refractivity contribution is -0.132. The lowest BCUT2D eigenvalue weighted by Crippen LogP contribution is -2.47. The molecule has 2 aromatic rings. The molecule has 0 radical (unpaired) electrons. The molecule has 1 saturated heterocycles. The van der Waals surface area contributed by atoms with Crippen LogP contribution in [0.4, 0.5) is 0 Å². The average Bonchev–Trinajstić information content (AvgIpc) is 3.01. The number of nitrogens with zero attached hydrogens (tertiary/aromatic N) is 3. The zero-order chi connectivity index (χ0) is 19.6. The van der Waals surface area contributed by atoms with Gasteiger partial charge in [-0.2, -0.15) is 0 Å². The molecule has 1 atom stereocenters. The van der Waals surface area contributed by atoms with Crippen LogP contribution in [0, 0.1) is 0 Å². The van der Waals surface area contributed by atoms with E-state index < -0.39 is 5.60 Å². The Morgan fingerprint density at radius 1 is 1.07 bits per heavy atom. The number of ether oxygens (including phenoxy) is 1. The van der Waals surface area contributed by atoms with Gasteiger partial charge in [0.1, 0.15) is 11.4 Å². The summed E-state index contributed by atoms with van der Waals surface area (Å²) in [6.45, 7) is 4.00. The van der Waals surface area contributed by atoms with E-state index in [2.05, 4.69) is 4.98 Å². The number of rotatable bonds is 1. The van der Waals surface area contributed by atoms with Gasteiger partial charge in [0.15, 0.2) is 0 Å². The summed E-state index contributed by atoms with van der Waals surface area (Å²) in [7, 11) is 0. The van der Waals surface area contributed by atoms with Gasteiger partial charge >= 0.3 is 0 Å². The Kier molecular flexibility index (Phi) is 5.03. The number of aromatic nitrogens is 1. The van der Waals surface area contributed by atoms with Gasteiger partial charge in [0.05, 0.1) is 12.1 Å². The van der Waals surface area contributed by atoms with Crippen molar-refractivity contribution in [3.8, 4) is 5.75 Å². The van der Waals surface area contributed by atoms with Gasteiger partial charge in [-0.1, -0.05) is 18.2 Å². The first kappa shape index (κ1) is 18.5. The molecule has 1 aromatic carbocycles. The monoisotopic (exact) mass is 379 g/mol. The van der Waals surface area contributed by atoms with E-state index >= 15 is 0 Å². The van der Waals surface area contributed by atoms with E-state index in [9.17, 15) is 9.59 Å². The maximum atomic E-state index is 12.8. The molecular formula is C22H25N3O3. The minimum Gasteiger partial charge on any atom is -0.485 e. The maximum absolute atomic E-state index is 12.8. The second-order valence-corrected chi connectivity index (χ2v) is 7.66. The largest absolute Gasteiger partial charge is 0.485 e. The van der Waals surface area contributed by atoms with Crippen LogP contribution in [0.3, 0.4) is 0 Å². The van der Waals surface area contributed by atoms with E-state index in [1.54, 1.807) is 31.5 Å². The number of carbonyl (C=O) groups is 2. The quantitative estimate of drug-likeness (QED) is 0.764. The number of pyridine rings is 1. The lowest BCUT2D eigenvalue weighted by Gasteiger charge is -2.35. The van der Waals surface area contributed by atoms with Crippen molar-refractivity contribution in [2.75, 3.05) is 19.6 Å². The Morgan fingerprint density at radius 2 is 1.93 bits per heavy atom. The molecule has 0 N–H and O–H groups in total. The number of hydrogen-bond donors (Lipinski definition) is 0. The predicted molar refractivity (Wildman–Crippen MR) is 105 cm³/mol. The second-order valence-electron chi connectivity index (χ2n) is 7.66. The predicted octanol–water partition coefficient (Wildman–Crippen LogP) is 2.89. The number of fused-ring (bicyclic) bond motifs is 1. The highest BCUT2D eigenvalue weighted by Gasteiger charge is 2.40. The SMILES string of the molecule is CC(=O)N1Cc2ccccc2O[C@@]2(CCCN(C(=O)c3cccnc3)CC2)C1. The summed E-state index contributed by atoms with van der Waals surface area (Å²) in [6, 6.07) is 11.5. The van der Waals surface area contributed by atoms with Gasteiger partial charge < -0.3 is 14.5 Å². The molecule has 28 heavy (non-hydrogen) atoms. The number of benzene rings is 1. The summed E-state index contributed by atoms with van der Waals surface area (Å²) < 4.78 is 6.54. The van der Waals surface area contributed by atoms with Crippen LogP contribution in [-0.2, 0) is 11.3 Å². The van der Waals surface area contributed by atoms with Crippen molar-refractivity contribution in [1.82, 2.24) is 14.8 Å². The van der Waals surface area contributed by atoms with Crippen LogP contribution < -0.4 is 4.74 Å². The molecule has 6 heteroatoms. The summed E-state index contributed by atoms with van der Waals surface area (Å²) in [4.78, 5) is 32.9. The smallest absolute Gasteiger partial charge is 0.255 e. The summed E-state index contributed by atoms with van der Waals surface area (Å²) >= 11 is 0. The number of para-hydroxylation sites is 1. The third-order valence-corrected chi connectivity index (χ3v) is 5.68. The normalized spacial score (nSPS) is 22.0. The minimum atomic E-state index is -0.470. The maximum Gasteiger partial charge on any atom is 0.255 e. The zero-order valence-corrected chi connectivity index (χ0v) is 16.1. The van der Waals surface area contributed by atoms with Crippen molar-refractivity contribution in [1.29, 1.82) is 0 Å². The van der Waals surface area contributed by atoms with Gasteiger partial charge in [-0.25, -0.2) is 0 Å². The second kappa shape index (κ2) is 7.62. The van der Waals surface area contributed by atoms with Crippen molar-refractivity contribution in [2.45, 2.75) is 38.3 Å². The number of likely N-dealkylation sites (tertiary alicyclic amines) is 1. The molecule has 2 aliphatic rings. The Morgan fingerprint density at radius 3 is 2.71 bits per heavy atom. The Labute approximate surface area is 165 Å². The van der Waals surface area contributed by atoms with Crippen LogP contribution in [0.5, 0.6) is 5.75 Å². The fourth-order valence-corrected chi connectivity index (χ4v) is 4.13. The molecule has 1 fully saturated rings. The van der Waals surface area contributed by atoms with E-state index in [-0.39, 0.29) is 11.8 Å². The molecule has 1 aromatic heterocycles. The van der Waals surface area contributed by atoms with E-state index in [1.165, 1.54) is 0 Å². The molecule has 0 aliphatic carbocycles. The fourth-order valence-electron chi connectivity index (χ4n) is 4.13. The van der Waals surface area contributed by atoms with E-state index in [0.717, 1.165) is 24.2 Å². The van der Waals surface area contributed by atoms with E-state index in [0.29, 0.717) is 38.2 Å². The molecule has 1 spiro atoms. The first-order valence-corrected chi connectivity index (χ1v) is 9.78. The molecule has 146 valence electrons. The molecule has 0 saturated carbocycles. The van der Waals surface area contributed by atoms with E-state index in [1.807, 2.05) is 34.1 Å². The van der Waals surface area contributed by atoms with Crippen LogP contribution in [0.2, 0.25) is 0 Å². The molecule has 0 unspecified atom stereocenters. The number of hydrogen-bond acceptors (Lipinski definition) is 4. The highest BCUT2D eigenvalue weighted by molar-refractivity contribution is 5.93. The molecule has 4 rings (SSSR count). The summed E-state index contributed by atoms with van der Waals surface area (Å²) in [5.41, 5.74) is 1.17. The van der Waals surface area contributed by atoms with Crippen molar-refractivity contribution < 1.29 is 14.3 Å². The lowest BCUT2D eigenvalue weighted by atomic mass is 9.93. The number of carbonyl (C=O) groups excluding carboxylic acids is 2. The summed E-state index contributed by atoms with van der Waals surface area (Å²) in [6.07, 6.45) is 5.61. The molecular weight excluding hydrogens is 354 g/mol. The summed E-state index contributed by atoms with van der Waals surface area (Å²) in [5.74, 6) is 0.896. The van der Waals surface area contributed by atoms with Crippen molar-refractivity contribution in [2.24, 2.45) is 0 Å². The highest BCUT2D eigenvalue weighted by atomic mass is 16.5. The minimum absolute atomic E-state index is 0.00240. The van der Waals surface area contributed by atoms with Gasteiger partial charge in [-0.15, -0.1) is 0 Å². The first-order chi connectivity index (χ1) is 13.6. The Hall–Kier alpha value is -2.89. The van der Waals surface area contributed by atoms with Crippen molar-refractivity contribution in [3.05, 3.63) is 59.9 Å². The third kappa shape index (κ3) is 3.72. The number of amides is 2. The molecule has 2 amide bonds. The molecule has 3 heterocycles. The third-order valence-electron chi connectivity index (χ3n) is 5.68. The van der Waals surface area contributed by atoms with E-state index in [4.69, 9.17) is 4.74 Å². The van der Waals surface area contributed by atoms with Gasteiger partial charge in [0.25, 0.3) is 5.91 Å². The van der Waals surface area contributed by atoms with Crippen LogP contribution in [0.1, 0.15) is 42.1 Å². The van der Waals surface area contributed by atoms with Gasteiger partial charge in [0.2, 0.25) is 5.91 Å². The van der Waals surface area contributed by atoms with Gasteiger partial charge in [-0.05, 0) is 31.0 Å². The topological polar surface area (TPSA) is 62.7 Å².